The summed E-state index contributed by atoms with van der Waals surface area (Å²) >= 11 is 4.81. The standard InChI is InChI=1S/C12H8BrN3O4S/c1-5-8-9(15-20-5)11(17)16(14-10(8)12(18)19)4-7-6(13)2-3-21-7/h2-3H,4H2,1H3,(H,18,19). The van der Waals surface area contributed by atoms with E-state index in [-0.39, 0.29) is 28.9 Å². The molecule has 0 bridgehead atoms. The third-order valence-corrected chi connectivity index (χ3v) is 4.86. The van der Waals surface area contributed by atoms with Crippen LogP contribution in [-0.2, 0) is 6.54 Å². The molecular formula is C12H8BrN3O4S. The Morgan fingerprint density at radius 2 is 2.33 bits per heavy atom. The van der Waals surface area contributed by atoms with Crippen molar-refractivity contribution in [2.75, 3.05) is 0 Å². The first-order valence-corrected chi connectivity index (χ1v) is 7.48. The number of aromatic carboxylic acids is 1. The highest BCUT2D eigenvalue weighted by molar-refractivity contribution is 9.10. The van der Waals surface area contributed by atoms with Crippen LogP contribution in [0.5, 0.6) is 0 Å². The topological polar surface area (TPSA) is 98.2 Å². The van der Waals surface area contributed by atoms with Crippen molar-refractivity contribution in [3.63, 3.8) is 0 Å². The number of carbonyl (C=O) groups is 1. The second-order valence-corrected chi connectivity index (χ2v) is 6.13. The van der Waals surface area contributed by atoms with Crippen molar-refractivity contribution in [1.29, 1.82) is 0 Å². The van der Waals surface area contributed by atoms with E-state index >= 15 is 0 Å². The molecule has 3 heterocycles. The van der Waals surface area contributed by atoms with Gasteiger partial charge in [0.15, 0.2) is 11.2 Å². The SMILES string of the molecule is Cc1onc2c(=O)n(Cc3sccc3Br)nc(C(=O)O)c12. The van der Waals surface area contributed by atoms with Gasteiger partial charge in [-0.3, -0.25) is 4.79 Å². The minimum atomic E-state index is -1.23. The van der Waals surface area contributed by atoms with Gasteiger partial charge in [-0.2, -0.15) is 5.10 Å². The monoisotopic (exact) mass is 369 g/mol. The number of hydrogen-bond acceptors (Lipinski definition) is 6. The van der Waals surface area contributed by atoms with Crippen molar-refractivity contribution in [2.24, 2.45) is 0 Å². The van der Waals surface area contributed by atoms with Gasteiger partial charge in [0.1, 0.15) is 5.76 Å². The number of aromatic nitrogens is 3. The normalized spacial score (nSPS) is 11.1. The highest BCUT2D eigenvalue weighted by Crippen LogP contribution is 2.24. The van der Waals surface area contributed by atoms with Gasteiger partial charge >= 0.3 is 5.97 Å². The summed E-state index contributed by atoms with van der Waals surface area (Å²) in [6, 6.07) is 1.85. The minimum Gasteiger partial charge on any atom is -0.476 e. The van der Waals surface area contributed by atoms with E-state index in [1.165, 1.54) is 11.3 Å². The van der Waals surface area contributed by atoms with Crippen LogP contribution in [0.15, 0.2) is 25.2 Å². The molecule has 0 aliphatic rings. The van der Waals surface area contributed by atoms with E-state index in [0.717, 1.165) is 14.0 Å². The number of carboxylic acid groups (broad SMARTS) is 1. The van der Waals surface area contributed by atoms with Crippen LogP contribution >= 0.6 is 27.3 Å². The van der Waals surface area contributed by atoms with Crippen molar-refractivity contribution >= 4 is 44.1 Å². The molecule has 0 aliphatic heterocycles. The smallest absolute Gasteiger partial charge is 0.357 e. The lowest BCUT2D eigenvalue weighted by molar-refractivity contribution is 0.0690. The van der Waals surface area contributed by atoms with Gasteiger partial charge in [0.25, 0.3) is 5.56 Å². The number of halogens is 1. The van der Waals surface area contributed by atoms with Crippen LogP contribution in [0.3, 0.4) is 0 Å². The van der Waals surface area contributed by atoms with Gasteiger partial charge in [0.2, 0.25) is 0 Å². The Labute approximate surface area is 129 Å². The Balaban J connectivity index is 2.24. The molecule has 3 aromatic heterocycles. The molecule has 21 heavy (non-hydrogen) atoms. The van der Waals surface area contributed by atoms with Crippen molar-refractivity contribution in [1.82, 2.24) is 14.9 Å². The maximum Gasteiger partial charge on any atom is 0.357 e. The Kier molecular flexibility index (Phi) is 3.38. The first-order chi connectivity index (χ1) is 9.99. The molecule has 0 aromatic carbocycles. The molecule has 108 valence electrons. The van der Waals surface area contributed by atoms with Crippen molar-refractivity contribution < 1.29 is 14.4 Å². The van der Waals surface area contributed by atoms with E-state index < -0.39 is 11.5 Å². The largest absolute Gasteiger partial charge is 0.476 e. The van der Waals surface area contributed by atoms with Crippen molar-refractivity contribution in [2.45, 2.75) is 13.5 Å². The van der Waals surface area contributed by atoms with Crippen LogP contribution in [0, 0.1) is 6.92 Å². The number of thiophene rings is 1. The molecule has 0 unspecified atom stereocenters. The summed E-state index contributed by atoms with van der Waals surface area (Å²) in [5.74, 6) is -0.971. The molecule has 7 nitrogen and oxygen atoms in total. The molecule has 9 heteroatoms. The van der Waals surface area contributed by atoms with Gasteiger partial charge < -0.3 is 9.63 Å². The fourth-order valence-electron chi connectivity index (χ4n) is 1.97. The first kappa shape index (κ1) is 14.0. The summed E-state index contributed by atoms with van der Waals surface area (Å²) in [5, 5.41) is 18.9. The van der Waals surface area contributed by atoms with Gasteiger partial charge in [-0.1, -0.05) is 5.16 Å². The van der Waals surface area contributed by atoms with E-state index in [4.69, 9.17) is 4.52 Å². The number of carboxylic acids is 1. The molecule has 0 amide bonds. The lowest BCUT2D eigenvalue weighted by Gasteiger charge is -2.05. The lowest BCUT2D eigenvalue weighted by atomic mass is 10.2. The van der Waals surface area contributed by atoms with Gasteiger partial charge in [0, 0.05) is 9.35 Å². The summed E-state index contributed by atoms with van der Waals surface area (Å²) in [5.41, 5.74) is -0.740. The second kappa shape index (κ2) is 5.08. The Morgan fingerprint density at radius 3 is 2.95 bits per heavy atom. The number of fused-ring (bicyclic) bond motifs is 1. The van der Waals surface area contributed by atoms with Crippen molar-refractivity contribution in [3.8, 4) is 0 Å². The molecule has 3 rings (SSSR count). The molecule has 3 aromatic rings. The average Bonchev–Trinajstić information content (AvgIpc) is 3.00. The Hall–Kier alpha value is -2.00. The molecule has 0 radical (unpaired) electrons. The predicted molar refractivity (Wildman–Crippen MR) is 78.9 cm³/mol. The predicted octanol–water partition coefficient (Wildman–Crippen LogP) is 2.26. The van der Waals surface area contributed by atoms with E-state index in [2.05, 4.69) is 26.2 Å². The maximum atomic E-state index is 12.3. The molecule has 0 atom stereocenters. The van der Waals surface area contributed by atoms with Gasteiger partial charge in [-0.15, -0.1) is 11.3 Å². The summed E-state index contributed by atoms with van der Waals surface area (Å²) in [7, 11) is 0. The van der Waals surface area contributed by atoms with E-state index in [9.17, 15) is 14.7 Å². The second-order valence-electron chi connectivity index (χ2n) is 4.27. The Bertz CT molecular complexity index is 911. The first-order valence-electron chi connectivity index (χ1n) is 5.81. The highest BCUT2D eigenvalue weighted by atomic mass is 79.9. The van der Waals surface area contributed by atoms with E-state index in [1.807, 2.05) is 11.4 Å². The number of hydrogen-bond donors (Lipinski definition) is 1. The number of rotatable bonds is 3. The number of nitrogens with zero attached hydrogens (tertiary/aromatic N) is 3. The molecule has 0 fully saturated rings. The average molecular weight is 370 g/mol. The molecular weight excluding hydrogens is 362 g/mol. The zero-order valence-corrected chi connectivity index (χ0v) is 13.1. The van der Waals surface area contributed by atoms with Crippen LogP contribution in [0.1, 0.15) is 21.1 Å². The zero-order valence-electron chi connectivity index (χ0n) is 10.7. The third kappa shape index (κ3) is 2.28. The molecule has 0 saturated carbocycles. The highest BCUT2D eigenvalue weighted by Gasteiger charge is 2.22. The zero-order chi connectivity index (χ0) is 15.1. The number of aryl methyl sites for hydroxylation is 1. The Morgan fingerprint density at radius 1 is 1.57 bits per heavy atom. The van der Waals surface area contributed by atoms with Crippen LogP contribution in [0.25, 0.3) is 10.9 Å². The van der Waals surface area contributed by atoms with Crippen LogP contribution in [-0.4, -0.2) is 26.0 Å². The quantitative estimate of drug-likeness (QED) is 0.760. The molecule has 0 spiro atoms. The third-order valence-electron chi connectivity index (χ3n) is 2.94. The van der Waals surface area contributed by atoms with Crippen molar-refractivity contribution in [3.05, 3.63) is 42.6 Å². The van der Waals surface area contributed by atoms with Crippen LogP contribution < -0.4 is 5.56 Å². The van der Waals surface area contributed by atoms with Gasteiger partial charge in [-0.05, 0) is 34.3 Å². The minimum absolute atomic E-state index is 0.0208. The summed E-state index contributed by atoms with van der Waals surface area (Å²) in [6.45, 7) is 1.71. The van der Waals surface area contributed by atoms with E-state index in [0.29, 0.717) is 0 Å². The van der Waals surface area contributed by atoms with Gasteiger partial charge in [0.05, 0.1) is 11.9 Å². The fourth-order valence-corrected chi connectivity index (χ4v) is 3.42. The van der Waals surface area contributed by atoms with E-state index in [1.54, 1.807) is 6.92 Å². The molecule has 1 N–H and O–H groups in total. The summed E-state index contributed by atoms with van der Waals surface area (Å²) < 4.78 is 6.86. The summed E-state index contributed by atoms with van der Waals surface area (Å²) in [4.78, 5) is 24.5. The van der Waals surface area contributed by atoms with Crippen LogP contribution in [0.4, 0.5) is 0 Å². The maximum absolute atomic E-state index is 12.3. The summed E-state index contributed by atoms with van der Waals surface area (Å²) in [6.07, 6.45) is 0. The molecule has 0 saturated heterocycles. The molecule has 0 aliphatic carbocycles. The van der Waals surface area contributed by atoms with Gasteiger partial charge in [-0.25, -0.2) is 9.48 Å². The lowest BCUT2D eigenvalue weighted by Crippen LogP contribution is -2.26. The van der Waals surface area contributed by atoms with Crippen LogP contribution in [0.2, 0.25) is 0 Å². The fraction of sp³-hybridized carbons (Fsp3) is 0.167.